The average Bonchev–Trinajstić information content (AvgIpc) is 2.94. The molecule has 1 N–H and O–H groups in total. The maximum absolute atomic E-state index is 12.5. The van der Waals surface area contributed by atoms with E-state index in [9.17, 15) is 9.59 Å². The zero-order chi connectivity index (χ0) is 18.0. The third-order valence-electron chi connectivity index (χ3n) is 3.88. The third-order valence-corrected chi connectivity index (χ3v) is 4.41. The van der Waals surface area contributed by atoms with E-state index in [2.05, 4.69) is 21.2 Å². The molecule has 0 aliphatic carbocycles. The predicted molar refractivity (Wildman–Crippen MR) is 101 cm³/mol. The number of nitrogens with zero attached hydrogens (tertiary/aromatic N) is 1. The predicted octanol–water partition coefficient (Wildman–Crippen LogP) is 4.12. The van der Waals surface area contributed by atoms with Crippen molar-refractivity contribution in [1.29, 1.82) is 0 Å². The Morgan fingerprint density at radius 1 is 1.12 bits per heavy atom. The highest BCUT2D eigenvalue weighted by Crippen LogP contribution is 2.21. The van der Waals surface area contributed by atoms with Gasteiger partial charge in [0.1, 0.15) is 0 Å². The number of esters is 1. The number of rotatable bonds is 4. The van der Waals surface area contributed by atoms with Gasteiger partial charge in [0, 0.05) is 34.3 Å². The number of amides is 1. The number of hydrogen-bond acceptors (Lipinski definition) is 3. The summed E-state index contributed by atoms with van der Waals surface area (Å²) in [5.41, 5.74) is 2.02. The van der Waals surface area contributed by atoms with Gasteiger partial charge < -0.3 is 14.6 Å². The lowest BCUT2D eigenvalue weighted by Crippen LogP contribution is -2.29. The second-order valence-electron chi connectivity index (χ2n) is 5.71. The average molecular weight is 401 g/mol. The molecule has 1 unspecified atom stereocenters. The van der Waals surface area contributed by atoms with E-state index in [0.717, 1.165) is 15.4 Å². The van der Waals surface area contributed by atoms with Crippen LogP contribution in [-0.4, -0.2) is 22.5 Å². The second kappa shape index (κ2) is 7.11. The van der Waals surface area contributed by atoms with E-state index in [-0.39, 0.29) is 5.91 Å². The van der Waals surface area contributed by atoms with Crippen molar-refractivity contribution in [2.24, 2.45) is 7.05 Å². The first-order valence-electron chi connectivity index (χ1n) is 7.77. The molecule has 0 aliphatic heterocycles. The minimum atomic E-state index is -0.907. The van der Waals surface area contributed by atoms with Crippen LogP contribution in [-0.2, 0) is 16.6 Å². The Bertz CT molecular complexity index is 931. The van der Waals surface area contributed by atoms with Crippen molar-refractivity contribution >= 4 is 44.4 Å². The Kier molecular flexibility index (Phi) is 4.90. The number of carbonyl (C=O) groups is 2. The van der Waals surface area contributed by atoms with Crippen molar-refractivity contribution in [3.8, 4) is 0 Å². The molecule has 1 amide bonds. The summed E-state index contributed by atoms with van der Waals surface area (Å²) in [5.74, 6) is -0.897. The SMILES string of the molecule is CC(OC(=O)c1cn(C)c2ccccc12)C(=O)Nc1ccc(Br)cc1. The van der Waals surface area contributed by atoms with Crippen LogP contribution in [0, 0.1) is 0 Å². The molecule has 3 rings (SSSR count). The fourth-order valence-electron chi connectivity index (χ4n) is 2.56. The largest absolute Gasteiger partial charge is 0.449 e. The molecule has 5 nitrogen and oxygen atoms in total. The molecule has 0 bridgehead atoms. The zero-order valence-corrected chi connectivity index (χ0v) is 15.4. The van der Waals surface area contributed by atoms with Crippen LogP contribution in [0.4, 0.5) is 5.69 Å². The zero-order valence-electron chi connectivity index (χ0n) is 13.8. The highest BCUT2D eigenvalue weighted by atomic mass is 79.9. The number of aromatic nitrogens is 1. The van der Waals surface area contributed by atoms with Crippen LogP contribution in [0.1, 0.15) is 17.3 Å². The number of anilines is 1. The molecule has 0 saturated carbocycles. The number of ether oxygens (including phenoxy) is 1. The molecular weight excluding hydrogens is 384 g/mol. The van der Waals surface area contributed by atoms with Crippen LogP contribution in [0.3, 0.4) is 0 Å². The summed E-state index contributed by atoms with van der Waals surface area (Å²) in [5, 5.41) is 3.53. The molecule has 1 heterocycles. The lowest BCUT2D eigenvalue weighted by molar-refractivity contribution is -0.123. The van der Waals surface area contributed by atoms with E-state index in [4.69, 9.17) is 4.74 Å². The maximum atomic E-state index is 12.5. The Labute approximate surface area is 153 Å². The van der Waals surface area contributed by atoms with Gasteiger partial charge in [0.05, 0.1) is 5.56 Å². The lowest BCUT2D eigenvalue weighted by atomic mass is 10.2. The van der Waals surface area contributed by atoms with Crippen LogP contribution >= 0.6 is 15.9 Å². The molecule has 0 fully saturated rings. The normalized spacial score (nSPS) is 12.0. The molecule has 3 aromatic rings. The van der Waals surface area contributed by atoms with E-state index >= 15 is 0 Å². The third kappa shape index (κ3) is 3.74. The quantitative estimate of drug-likeness (QED) is 0.669. The fourth-order valence-corrected chi connectivity index (χ4v) is 2.82. The Morgan fingerprint density at radius 2 is 1.80 bits per heavy atom. The van der Waals surface area contributed by atoms with Crippen LogP contribution in [0.25, 0.3) is 10.9 Å². The van der Waals surface area contributed by atoms with E-state index in [1.807, 2.05) is 48.0 Å². The van der Waals surface area contributed by atoms with Crippen LogP contribution in [0.5, 0.6) is 0 Å². The van der Waals surface area contributed by atoms with Crippen molar-refractivity contribution < 1.29 is 14.3 Å². The first kappa shape index (κ1) is 17.2. The van der Waals surface area contributed by atoms with Gasteiger partial charge in [-0.15, -0.1) is 0 Å². The minimum absolute atomic E-state index is 0.379. The summed E-state index contributed by atoms with van der Waals surface area (Å²) in [4.78, 5) is 24.7. The smallest absolute Gasteiger partial charge is 0.341 e. The van der Waals surface area contributed by atoms with Gasteiger partial charge in [-0.3, -0.25) is 4.79 Å². The number of hydrogen-bond donors (Lipinski definition) is 1. The molecule has 1 aromatic heterocycles. The molecule has 0 aliphatic rings. The Hall–Kier alpha value is -2.60. The number of carbonyl (C=O) groups excluding carboxylic acids is 2. The van der Waals surface area contributed by atoms with Crippen molar-refractivity contribution in [2.45, 2.75) is 13.0 Å². The summed E-state index contributed by atoms with van der Waals surface area (Å²) < 4.78 is 8.12. The monoisotopic (exact) mass is 400 g/mol. The number of nitrogens with one attached hydrogen (secondary N) is 1. The molecule has 1 atom stereocenters. The van der Waals surface area contributed by atoms with Crippen LogP contribution in [0.2, 0.25) is 0 Å². The van der Waals surface area contributed by atoms with Gasteiger partial charge in [-0.05, 0) is 37.3 Å². The second-order valence-corrected chi connectivity index (χ2v) is 6.63. The van der Waals surface area contributed by atoms with Gasteiger partial charge in [-0.1, -0.05) is 34.1 Å². The van der Waals surface area contributed by atoms with Crippen LogP contribution in [0.15, 0.2) is 59.2 Å². The van der Waals surface area contributed by atoms with Gasteiger partial charge in [0.25, 0.3) is 5.91 Å². The van der Waals surface area contributed by atoms with Gasteiger partial charge in [-0.2, -0.15) is 0 Å². The van der Waals surface area contributed by atoms with Crippen molar-refractivity contribution in [3.05, 3.63) is 64.8 Å². The summed E-state index contributed by atoms with van der Waals surface area (Å²) in [6.45, 7) is 1.55. The van der Waals surface area contributed by atoms with E-state index in [0.29, 0.717) is 11.3 Å². The highest BCUT2D eigenvalue weighted by molar-refractivity contribution is 9.10. The van der Waals surface area contributed by atoms with Crippen molar-refractivity contribution in [2.75, 3.05) is 5.32 Å². The summed E-state index contributed by atoms with van der Waals surface area (Å²) in [6.07, 6.45) is 0.807. The number of para-hydroxylation sites is 1. The molecule has 6 heteroatoms. The molecule has 128 valence electrons. The van der Waals surface area contributed by atoms with E-state index < -0.39 is 12.1 Å². The standard InChI is InChI=1S/C19H17BrN2O3/c1-12(18(23)21-14-9-7-13(20)8-10-14)25-19(24)16-11-22(2)17-6-4-3-5-15(16)17/h3-12H,1-2H3,(H,21,23). The molecular formula is C19H17BrN2O3. The van der Waals surface area contributed by atoms with Crippen molar-refractivity contribution in [1.82, 2.24) is 4.57 Å². The van der Waals surface area contributed by atoms with Gasteiger partial charge in [-0.25, -0.2) is 4.79 Å². The topological polar surface area (TPSA) is 60.3 Å². The van der Waals surface area contributed by atoms with Gasteiger partial charge >= 0.3 is 5.97 Å². The highest BCUT2D eigenvalue weighted by Gasteiger charge is 2.21. The summed E-state index contributed by atoms with van der Waals surface area (Å²) in [6, 6.07) is 14.7. The van der Waals surface area contributed by atoms with Gasteiger partial charge in [0.2, 0.25) is 0 Å². The minimum Gasteiger partial charge on any atom is -0.449 e. The lowest BCUT2D eigenvalue weighted by Gasteiger charge is -2.13. The summed E-state index contributed by atoms with van der Waals surface area (Å²) in [7, 11) is 1.86. The molecule has 0 radical (unpaired) electrons. The first-order valence-corrected chi connectivity index (χ1v) is 8.56. The Balaban J connectivity index is 1.71. The Morgan fingerprint density at radius 3 is 2.52 bits per heavy atom. The van der Waals surface area contributed by atoms with E-state index in [1.165, 1.54) is 0 Å². The molecule has 0 saturated heterocycles. The molecule has 25 heavy (non-hydrogen) atoms. The van der Waals surface area contributed by atoms with Crippen LogP contribution < -0.4 is 5.32 Å². The van der Waals surface area contributed by atoms with Crippen molar-refractivity contribution in [3.63, 3.8) is 0 Å². The van der Waals surface area contributed by atoms with E-state index in [1.54, 1.807) is 25.3 Å². The van der Waals surface area contributed by atoms with Gasteiger partial charge in [0.15, 0.2) is 6.10 Å². The number of aryl methyl sites for hydroxylation is 1. The number of halogens is 1. The molecule has 2 aromatic carbocycles. The fraction of sp³-hybridized carbons (Fsp3) is 0.158. The molecule has 0 spiro atoms. The number of fused-ring (bicyclic) bond motifs is 1. The first-order chi connectivity index (χ1) is 12.0. The maximum Gasteiger partial charge on any atom is 0.341 e. The summed E-state index contributed by atoms with van der Waals surface area (Å²) >= 11 is 3.34. The number of benzene rings is 2.